The van der Waals surface area contributed by atoms with Gasteiger partial charge in [0, 0.05) is 0 Å². The van der Waals surface area contributed by atoms with Crippen LogP contribution >= 0.6 is 0 Å². The van der Waals surface area contributed by atoms with E-state index in [-0.39, 0.29) is 19.0 Å². The molecule has 2 heterocycles. The van der Waals surface area contributed by atoms with Gasteiger partial charge in [0.15, 0.2) is 12.4 Å². The van der Waals surface area contributed by atoms with Crippen LogP contribution in [0.1, 0.15) is 11.9 Å². The minimum Gasteiger partial charge on any atom is -0.487 e. The first-order chi connectivity index (χ1) is 11.0. The highest BCUT2D eigenvalue weighted by molar-refractivity contribution is 5.22. The maximum atomic E-state index is 13.2. The van der Waals surface area contributed by atoms with E-state index in [2.05, 4.69) is 10.3 Å². The molecular formula is C14H15F2N3O4. The van der Waals surface area contributed by atoms with Crippen LogP contribution in [0, 0.1) is 5.82 Å². The van der Waals surface area contributed by atoms with Crippen molar-refractivity contribution in [2.24, 2.45) is 0 Å². The summed E-state index contributed by atoms with van der Waals surface area (Å²) in [5, 5.41) is 27.0. The quantitative estimate of drug-likeness (QED) is 0.854. The fraction of sp³-hybridized carbons (Fsp3) is 0.429. The van der Waals surface area contributed by atoms with Gasteiger partial charge in [-0.15, -0.1) is 5.10 Å². The number of ether oxygens (including phenoxy) is 2. The third kappa shape index (κ3) is 3.46. The molecule has 3 rings (SSSR count). The minimum atomic E-state index is -1.65. The zero-order chi connectivity index (χ0) is 16.4. The molecule has 0 spiro atoms. The molecule has 0 bridgehead atoms. The average Bonchev–Trinajstić information content (AvgIpc) is 3.01. The summed E-state index contributed by atoms with van der Waals surface area (Å²) >= 11 is 0. The van der Waals surface area contributed by atoms with Crippen molar-refractivity contribution >= 4 is 0 Å². The summed E-state index contributed by atoms with van der Waals surface area (Å²) in [7, 11) is 0. The molecule has 124 valence electrons. The monoisotopic (exact) mass is 327 g/mol. The molecule has 2 N–H and O–H groups in total. The Hall–Kier alpha value is -2.10. The van der Waals surface area contributed by atoms with E-state index >= 15 is 0 Å². The Balaban J connectivity index is 1.62. The second-order valence-electron chi connectivity index (χ2n) is 5.15. The highest BCUT2D eigenvalue weighted by Crippen LogP contribution is 2.25. The molecule has 1 aromatic carbocycles. The molecule has 1 aliphatic rings. The summed E-state index contributed by atoms with van der Waals surface area (Å²) in [5.41, 5.74) is 0.432. The zero-order valence-corrected chi connectivity index (χ0v) is 11.9. The molecule has 0 unspecified atom stereocenters. The van der Waals surface area contributed by atoms with Crippen molar-refractivity contribution in [2.45, 2.75) is 31.2 Å². The summed E-state index contributed by atoms with van der Waals surface area (Å²) in [6.07, 6.45) is -4.21. The van der Waals surface area contributed by atoms with Gasteiger partial charge in [-0.25, -0.2) is 13.5 Å². The Morgan fingerprint density at radius 2 is 2.00 bits per heavy atom. The number of halogens is 2. The second kappa shape index (κ2) is 6.57. The van der Waals surface area contributed by atoms with Crippen molar-refractivity contribution in [3.05, 3.63) is 42.0 Å². The first-order valence-electron chi connectivity index (χ1n) is 6.95. The number of aliphatic hydroxyl groups is 2. The van der Waals surface area contributed by atoms with Gasteiger partial charge in [0.25, 0.3) is 0 Å². The van der Waals surface area contributed by atoms with E-state index in [0.717, 1.165) is 0 Å². The van der Waals surface area contributed by atoms with Gasteiger partial charge in [-0.3, -0.25) is 0 Å². The molecule has 1 aromatic heterocycles. The number of benzene rings is 1. The lowest BCUT2D eigenvalue weighted by molar-refractivity contribution is -0.198. The molecule has 1 saturated heterocycles. The average molecular weight is 327 g/mol. The van der Waals surface area contributed by atoms with E-state index in [1.54, 1.807) is 0 Å². The van der Waals surface area contributed by atoms with Crippen LogP contribution < -0.4 is 4.74 Å². The van der Waals surface area contributed by atoms with Crippen molar-refractivity contribution in [3.8, 4) is 5.75 Å². The summed E-state index contributed by atoms with van der Waals surface area (Å²) in [6.45, 7) is -0.271. The van der Waals surface area contributed by atoms with E-state index in [4.69, 9.17) is 9.47 Å². The molecule has 7 nitrogen and oxygen atoms in total. The fourth-order valence-corrected chi connectivity index (χ4v) is 2.20. The number of rotatable bonds is 4. The Labute approximate surface area is 130 Å². The molecule has 0 saturated carbocycles. The number of aromatic nitrogens is 3. The third-order valence-corrected chi connectivity index (χ3v) is 3.46. The summed E-state index contributed by atoms with van der Waals surface area (Å²) in [4.78, 5) is 0. The topological polar surface area (TPSA) is 89.6 Å². The molecule has 1 aliphatic heterocycles. The molecular weight excluding hydrogens is 312 g/mol. The van der Waals surface area contributed by atoms with Gasteiger partial charge in [-0.1, -0.05) is 5.21 Å². The zero-order valence-electron chi connectivity index (χ0n) is 11.9. The molecule has 0 aliphatic carbocycles. The van der Waals surface area contributed by atoms with Crippen molar-refractivity contribution in [1.82, 2.24) is 15.0 Å². The Morgan fingerprint density at radius 3 is 2.74 bits per heavy atom. The van der Waals surface area contributed by atoms with Crippen LogP contribution in [-0.2, 0) is 11.3 Å². The summed E-state index contributed by atoms with van der Waals surface area (Å²) in [6, 6.07) is 5.50. The maximum absolute atomic E-state index is 13.2. The molecule has 0 radical (unpaired) electrons. The smallest absolute Gasteiger partial charge is 0.180 e. The number of hydrogen-bond donors (Lipinski definition) is 2. The van der Waals surface area contributed by atoms with Gasteiger partial charge in [-0.2, -0.15) is 0 Å². The molecule has 2 aromatic rings. The second-order valence-corrected chi connectivity index (χ2v) is 5.15. The first kappa shape index (κ1) is 15.8. The Bertz CT molecular complexity index is 652. The lowest BCUT2D eigenvalue weighted by Crippen LogP contribution is -2.49. The largest absolute Gasteiger partial charge is 0.487 e. The number of aliphatic hydroxyl groups excluding tert-OH is 2. The van der Waals surface area contributed by atoms with Crippen LogP contribution in [0.15, 0.2) is 30.5 Å². The highest BCUT2D eigenvalue weighted by Gasteiger charge is 2.40. The van der Waals surface area contributed by atoms with Gasteiger partial charge in [0.05, 0.1) is 12.8 Å². The number of alkyl halides is 1. The standard InChI is InChI=1S/C14H15F2N3O4/c15-8-1-3-10(4-2-8)22-6-9-5-19(18-17-9)14-13(21)12(20)11(16)7-23-14/h1-5,11-14,20-21H,6-7H2/t11-,12+,13-,14+/m1/s1. The predicted molar refractivity (Wildman–Crippen MR) is 72.7 cm³/mol. The van der Waals surface area contributed by atoms with Crippen LogP contribution in [0.5, 0.6) is 5.75 Å². The van der Waals surface area contributed by atoms with E-state index in [9.17, 15) is 19.0 Å². The molecule has 4 atom stereocenters. The SMILES string of the molecule is O[C@@H]1[C@@H](O)[C@@H](n2cc(COc3ccc(F)cc3)nn2)OC[C@H]1F. The lowest BCUT2D eigenvalue weighted by Gasteiger charge is -2.33. The lowest BCUT2D eigenvalue weighted by atomic mass is 10.1. The van der Waals surface area contributed by atoms with Crippen LogP contribution in [0.2, 0.25) is 0 Å². The minimum absolute atomic E-state index is 0.0722. The van der Waals surface area contributed by atoms with Crippen LogP contribution in [0.25, 0.3) is 0 Å². The van der Waals surface area contributed by atoms with E-state index in [0.29, 0.717) is 11.4 Å². The summed E-state index contributed by atoms with van der Waals surface area (Å²) < 4.78 is 37.8. The molecule has 9 heteroatoms. The molecule has 0 amide bonds. The van der Waals surface area contributed by atoms with Gasteiger partial charge >= 0.3 is 0 Å². The van der Waals surface area contributed by atoms with E-state index in [1.165, 1.54) is 35.1 Å². The van der Waals surface area contributed by atoms with Crippen LogP contribution in [-0.4, -0.2) is 50.2 Å². The van der Waals surface area contributed by atoms with E-state index in [1.807, 2.05) is 0 Å². The summed E-state index contributed by atoms with van der Waals surface area (Å²) in [5.74, 6) is 0.0991. The van der Waals surface area contributed by atoms with Crippen molar-refractivity contribution in [2.75, 3.05) is 6.61 Å². The highest BCUT2D eigenvalue weighted by atomic mass is 19.1. The Morgan fingerprint density at radius 1 is 1.26 bits per heavy atom. The normalized spacial score (nSPS) is 27.8. The number of hydrogen-bond acceptors (Lipinski definition) is 6. The van der Waals surface area contributed by atoms with Crippen LogP contribution in [0.3, 0.4) is 0 Å². The van der Waals surface area contributed by atoms with Crippen LogP contribution in [0.4, 0.5) is 8.78 Å². The predicted octanol–water partition coefficient (Wildman–Crippen LogP) is 0.585. The molecule has 23 heavy (non-hydrogen) atoms. The maximum Gasteiger partial charge on any atom is 0.180 e. The van der Waals surface area contributed by atoms with Gasteiger partial charge in [0.2, 0.25) is 0 Å². The van der Waals surface area contributed by atoms with Gasteiger partial charge in [-0.05, 0) is 24.3 Å². The Kier molecular flexibility index (Phi) is 4.51. The van der Waals surface area contributed by atoms with E-state index < -0.39 is 24.6 Å². The fourth-order valence-electron chi connectivity index (χ4n) is 2.20. The number of nitrogens with zero attached hydrogens (tertiary/aromatic N) is 3. The van der Waals surface area contributed by atoms with Crippen molar-refractivity contribution < 1.29 is 28.5 Å². The van der Waals surface area contributed by atoms with Crippen molar-refractivity contribution in [1.29, 1.82) is 0 Å². The third-order valence-electron chi connectivity index (χ3n) is 3.46. The van der Waals surface area contributed by atoms with Gasteiger partial charge in [0.1, 0.15) is 36.1 Å². The van der Waals surface area contributed by atoms with Gasteiger partial charge < -0.3 is 19.7 Å². The first-order valence-corrected chi connectivity index (χ1v) is 6.95. The van der Waals surface area contributed by atoms with Crippen molar-refractivity contribution in [3.63, 3.8) is 0 Å². The molecule has 1 fully saturated rings.